The summed E-state index contributed by atoms with van der Waals surface area (Å²) >= 11 is 0. The van der Waals surface area contributed by atoms with Crippen molar-refractivity contribution in [3.8, 4) is 5.69 Å². The topological polar surface area (TPSA) is 130 Å². The Morgan fingerprint density at radius 2 is 1.95 bits per heavy atom. The predicted molar refractivity (Wildman–Crippen MR) is 132 cm³/mol. The van der Waals surface area contributed by atoms with E-state index in [0.29, 0.717) is 24.2 Å². The molecule has 11 nitrogen and oxygen atoms in total. The molecule has 6 rings (SSSR count). The smallest absolute Gasteiger partial charge is 0.273 e. The number of nitrogens with zero attached hydrogens (tertiary/aromatic N) is 5. The van der Waals surface area contributed by atoms with Crippen molar-refractivity contribution in [2.24, 2.45) is 0 Å². The first kappa shape index (κ1) is 22.9. The number of carbonyl (C=O) groups excluding carboxylic acids is 4. The summed E-state index contributed by atoms with van der Waals surface area (Å²) in [6.45, 7) is 0.951. The number of hydrogen-bond acceptors (Lipinski definition) is 7. The summed E-state index contributed by atoms with van der Waals surface area (Å²) in [5.74, 6) is -1.31. The molecule has 37 heavy (non-hydrogen) atoms. The molecule has 11 heteroatoms. The highest BCUT2D eigenvalue weighted by molar-refractivity contribution is 6.05. The van der Waals surface area contributed by atoms with Crippen LogP contribution in [0.2, 0.25) is 0 Å². The molecule has 4 heterocycles. The van der Waals surface area contributed by atoms with Gasteiger partial charge in [-0.1, -0.05) is 23.4 Å². The molecular formula is C26H25N7O4. The van der Waals surface area contributed by atoms with E-state index in [1.54, 1.807) is 18.3 Å². The average Bonchev–Trinajstić information content (AvgIpc) is 3.49. The SMILES string of the molecule is CN1CC(NC(=O)c2cn(-c3ccc4c(c3)CN(C3CCC(=O)NC3=O)C4=O)nn2)Cc2ccccc21. The number of amides is 4. The minimum atomic E-state index is -0.673. The number of nitrogens with one attached hydrogen (secondary N) is 2. The zero-order valence-electron chi connectivity index (χ0n) is 20.2. The quantitative estimate of drug-likeness (QED) is 0.509. The van der Waals surface area contributed by atoms with Crippen LogP contribution in [-0.4, -0.2) is 69.2 Å². The maximum absolute atomic E-state index is 12.9. The number of fused-ring (bicyclic) bond motifs is 2. The van der Waals surface area contributed by atoms with Gasteiger partial charge in [0, 0.05) is 37.8 Å². The van der Waals surface area contributed by atoms with Crippen LogP contribution >= 0.6 is 0 Å². The summed E-state index contributed by atoms with van der Waals surface area (Å²) in [7, 11) is 2.01. The lowest BCUT2D eigenvalue weighted by molar-refractivity contribution is -0.136. The molecule has 0 bridgehead atoms. The second kappa shape index (κ2) is 8.84. The van der Waals surface area contributed by atoms with Gasteiger partial charge in [-0.05, 0) is 48.2 Å². The number of aromatic nitrogens is 3. The molecule has 1 fully saturated rings. The summed E-state index contributed by atoms with van der Waals surface area (Å²) in [4.78, 5) is 53.2. The van der Waals surface area contributed by atoms with Gasteiger partial charge in [-0.3, -0.25) is 24.5 Å². The van der Waals surface area contributed by atoms with Crippen molar-refractivity contribution >= 4 is 29.3 Å². The normalized spacial score (nSPS) is 20.9. The first-order chi connectivity index (χ1) is 17.9. The number of rotatable bonds is 4. The summed E-state index contributed by atoms with van der Waals surface area (Å²) in [6.07, 6.45) is 2.81. The van der Waals surface area contributed by atoms with Crippen LogP contribution in [0.1, 0.15) is 44.8 Å². The van der Waals surface area contributed by atoms with Gasteiger partial charge >= 0.3 is 0 Å². The van der Waals surface area contributed by atoms with Gasteiger partial charge < -0.3 is 15.1 Å². The predicted octanol–water partition coefficient (Wildman–Crippen LogP) is 0.819. The number of imide groups is 1. The number of para-hydroxylation sites is 1. The molecule has 2 N–H and O–H groups in total. The van der Waals surface area contributed by atoms with Crippen LogP contribution in [0.15, 0.2) is 48.7 Å². The molecule has 188 valence electrons. The molecule has 0 saturated carbocycles. The van der Waals surface area contributed by atoms with Crippen molar-refractivity contribution < 1.29 is 19.2 Å². The van der Waals surface area contributed by atoms with Crippen LogP contribution in [0, 0.1) is 0 Å². The first-order valence-electron chi connectivity index (χ1n) is 12.2. The van der Waals surface area contributed by atoms with Crippen molar-refractivity contribution in [2.45, 2.75) is 37.9 Å². The van der Waals surface area contributed by atoms with Gasteiger partial charge in [-0.15, -0.1) is 5.10 Å². The number of piperidine rings is 1. The number of benzene rings is 2. The lowest BCUT2D eigenvalue weighted by atomic mass is 9.98. The monoisotopic (exact) mass is 499 g/mol. The molecule has 1 aromatic heterocycles. The van der Waals surface area contributed by atoms with Crippen molar-refractivity contribution in [3.05, 3.63) is 71.0 Å². The lowest BCUT2D eigenvalue weighted by Crippen LogP contribution is -2.52. The highest BCUT2D eigenvalue weighted by Gasteiger charge is 2.39. The van der Waals surface area contributed by atoms with Crippen molar-refractivity contribution in [1.82, 2.24) is 30.5 Å². The molecular weight excluding hydrogens is 474 g/mol. The second-order valence-corrected chi connectivity index (χ2v) is 9.67. The van der Waals surface area contributed by atoms with Crippen LogP contribution in [0.3, 0.4) is 0 Å². The Morgan fingerprint density at radius 1 is 1.11 bits per heavy atom. The fraction of sp³-hybridized carbons (Fsp3) is 0.308. The molecule has 2 unspecified atom stereocenters. The largest absolute Gasteiger partial charge is 0.372 e. The van der Waals surface area contributed by atoms with Gasteiger partial charge in [0.25, 0.3) is 11.8 Å². The van der Waals surface area contributed by atoms with Gasteiger partial charge in [0.05, 0.1) is 17.9 Å². The van der Waals surface area contributed by atoms with Gasteiger partial charge in [0.2, 0.25) is 11.8 Å². The van der Waals surface area contributed by atoms with Crippen LogP contribution in [-0.2, 0) is 22.6 Å². The maximum Gasteiger partial charge on any atom is 0.273 e. The third-order valence-electron chi connectivity index (χ3n) is 7.20. The molecule has 3 aliphatic heterocycles. The fourth-order valence-corrected chi connectivity index (χ4v) is 5.37. The van der Waals surface area contributed by atoms with Crippen LogP contribution in [0.25, 0.3) is 5.69 Å². The Bertz CT molecular complexity index is 1450. The van der Waals surface area contributed by atoms with Gasteiger partial charge in [0.15, 0.2) is 5.69 Å². The molecule has 1 saturated heterocycles. The zero-order chi connectivity index (χ0) is 25.7. The van der Waals surface area contributed by atoms with E-state index in [4.69, 9.17) is 0 Å². The molecule has 0 aliphatic carbocycles. The Hall–Kier alpha value is -4.54. The Balaban J connectivity index is 1.15. The summed E-state index contributed by atoms with van der Waals surface area (Å²) in [5, 5.41) is 13.5. The first-order valence-corrected chi connectivity index (χ1v) is 12.2. The molecule has 3 aliphatic rings. The van der Waals surface area contributed by atoms with Gasteiger partial charge in [-0.2, -0.15) is 0 Å². The van der Waals surface area contributed by atoms with Crippen molar-refractivity contribution in [3.63, 3.8) is 0 Å². The number of anilines is 1. The van der Waals surface area contributed by atoms with E-state index in [1.165, 1.54) is 20.8 Å². The molecule has 0 radical (unpaired) electrons. The summed E-state index contributed by atoms with van der Waals surface area (Å²) < 4.78 is 1.50. The Morgan fingerprint density at radius 3 is 2.78 bits per heavy atom. The van der Waals surface area contributed by atoms with Crippen molar-refractivity contribution in [2.75, 3.05) is 18.5 Å². The standard InChI is InChI=1S/C26H25N7O4/c1-31-13-17(10-15-4-2-3-5-21(15)31)27-24(35)20-14-33(30-29-20)18-6-7-19-16(11-18)12-32(26(19)37)22-8-9-23(34)28-25(22)36/h2-7,11,14,17,22H,8-10,12-13H2,1H3,(H,27,35)(H,28,34,36). The third kappa shape index (κ3) is 4.11. The zero-order valence-corrected chi connectivity index (χ0v) is 20.2. The molecule has 2 atom stereocenters. The van der Waals surface area contributed by atoms with Gasteiger partial charge in [-0.25, -0.2) is 4.68 Å². The van der Waals surface area contributed by atoms with Crippen molar-refractivity contribution in [1.29, 1.82) is 0 Å². The minimum absolute atomic E-state index is 0.0539. The highest BCUT2D eigenvalue weighted by Crippen LogP contribution is 2.29. The van der Waals surface area contributed by atoms with Crippen LogP contribution in [0.4, 0.5) is 5.69 Å². The summed E-state index contributed by atoms with van der Waals surface area (Å²) in [5.41, 5.74) is 4.46. The molecule has 4 amide bonds. The van der Waals surface area contributed by atoms with E-state index in [-0.39, 0.29) is 42.4 Å². The van der Waals surface area contributed by atoms with E-state index >= 15 is 0 Å². The van der Waals surface area contributed by atoms with E-state index in [1.807, 2.05) is 25.2 Å². The minimum Gasteiger partial charge on any atom is -0.372 e. The number of hydrogen-bond donors (Lipinski definition) is 2. The van der Waals surface area contributed by atoms with Crippen LogP contribution < -0.4 is 15.5 Å². The molecule has 3 aromatic rings. The number of likely N-dealkylation sites (N-methyl/N-ethyl adjacent to an activating group) is 1. The average molecular weight is 500 g/mol. The molecule has 0 spiro atoms. The van der Waals surface area contributed by atoms with Gasteiger partial charge in [0.1, 0.15) is 6.04 Å². The third-order valence-corrected chi connectivity index (χ3v) is 7.20. The highest BCUT2D eigenvalue weighted by atomic mass is 16.2. The maximum atomic E-state index is 12.9. The van der Waals surface area contributed by atoms with E-state index in [2.05, 4.69) is 38.0 Å². The van der Waals surface area contributed by atoms with E-state index in [9.17, 15) is 19.2 Å². The van der Waals surface area contributed by atoms with E-state index < -0.39 is 11.9 Å². The molecule has 2 aromatic carbocycles. The second-order valence-electron chi connectivity index (χ2n) is 9.67. The lowest BCUT2D eigenvalue weighted by Gasteiger charge is -2.33. The number of carbonyl (C=O) groups is 4. The fourth-order valence-electron chi connectivity index (χ4n) is 5.37. The Labute approximate surface area is 212 Å². The van der Waals surface area contributed by atoms with E-state index in [0.717, 1.165) is 12.0 Å². The summed E-state index contributed by atoms with van der Waals surface area (Å²) in [6, 6.07) is 12.7. The Kier molecular flexibility index (Phi) is 5.47. The van der Waals surface area contributed by atoms with Crippen LogP contribution in [0.5, 0.6) is 0 Å².